The molecule has 7 nitrogen and oxygen atoms in total. The summed E-state index contributed by atoms with van der Waals surface area (Å²) in [5.74, 6) is -3.80. The zero-order valence-corrected chi connectivity index (χ0v) is 14.2. The van der Waals surface area contributed by atoms with E-state index in [1.807, 2.05) is 0 Å². The van der Waals surface area contributed by atoms with E-state index in [1.54, 1.807) is 35.3 Å². The molecule has 28 heavy (non-hydrogen) atoms. The minimum Gasteiger partial charge on any atom is -0.477 e. The van der Waals surface area contributed by atoms with E-state index in [0.29, 0.717) is 12.2 Å². The van der Waals surface area contributed by atoms with Crippen LogP contribution < -0.4 is 5.43 Å². The van der Waals surface area contributed by atoms with Crippen molar-refractivity contribution in [1.82, 2.24) is 19.3 Å². The molecule has 140 valence electrons. The summed E-state index contributed by atoms with van der Waals surface area (Å²) in [6, 6.07) is 8.52. The van der Waals surface area contributed by atoms with Crippen molar-refractivity contribution in [3.05, 3.63) is 88.2 Å². The molecular weight excluding hydrogens is 370 g/mol. The predicted molar refractivity (Wildman–Crippen MR) is 95.5 cm³/mol. The Hall–Kier alpha value is -3.88. The van der Waals surface area contributed by atoms with Gasteiger partial charge in [0.2, 0.25) is 5.43 Å². The van der Waals surface area contributed by atoms with Crippen LogP contribution in [-0.2, 0) is 6.54 Å². The monoisotopic (exact) mass is 382 g/mol. The lowest BCUT2D eigenvalue weighted by molar-refractivity contribution is 0.0695. The van der Waals surface area contributed by atoms with Crippen LogP contribution in [0, 0.1) is 11.6 Å². The van der Waals surface area contributed by atoms with Crippen LogP contribution in [0.3, 0.4) is 0 Å². The predicted octanol–water partition coefficient (Wildman–Crippen LogP) is 2.61. The fourth-order valence-electron chi connectivity index (χ4n) is 2.95. The molecule has 0 aliphatic carbocycles. The third-order valence-electron chi connectivity index (χ3n) is 4.30. The van der Waals surface area contributed by atoms with Crippen LogP contribution in [0.25, 0.3) is 16.6 Å². The summed E-state index contributed by atoms with van der Waals surface area (Å²) < 4.78 is 30.4. The average Bonchev–Trinajstić information content (AvgIpc) is 3.17. The second-order valence-electron chi connectivity index (χ2n) is 6.09. The van der Waals surface area contributed by atoms with Crippen LogP contribution in [0.15, 0.2) is 60.0 Å². The number of aromatic carboxylic acids is 1. The van der Waals surface area contributed by atoms with E-state index in [2.05, 4.69) is 10.1 Å². The number of carboxylic acids is 1. The first kappa shape index (κ1) is 17.5. The number of pyridine rings is 1. The van der Waals surface area contributed by atoms with Crippen molar-refractivity contribution in [2.24, 2.45) is 0 Å². The van der Waals surface area contributed by atoms with Crippen molar-refractivity contribution < 1.29 is 18.7 Å². The fourth-order valence-corrected chi connectivity index (χ4v) is 2.95. The Morgan fingerprint density at radius 1 is 1.11 bits per heavy atom. The highest BCUT2D eigenvalue weighted by molar-refractivity contribution is 5.93. The van der Waals surface area contributed by atoms with E-state index in [-0.39, 0.29) is 10.9 Å². The SMILES string of the molecule is O=C(O)c1cn(-c2ccc(Cn3cncn3)cc2)c2cc(F)c(F)cc2c1=O. The van der Waals surface area contributed by atoms with Crippen LogP contribution in [0.5, 0.6) is 0 Å². The highest BCUT2D eigenvalue weighted by Gasteiger charge is 2.17. The van der Waals surface area contributed by atoms with Gasteiger partial charge in [-0.1, -0.05) is 12.1 Å². The molecule has 0 atom stereocenters. The molecule has 0 aliphatic rings. The van der Waals surface area contributed by atoms with Crippen LogP contribution in [0.1, 0.15) is 15.9 Å². The number of benzene rings is 2. The summed E-state index contributed by atoms with van der Waals surface area (Å²) >= 11 is 0. The molecule has 0 bridgehead atoms. The number of rotatable bonds is 4. The Morgan fingerprint density at radius 3 is 2.46 bits per heavy atom. The van der Waals surface area contributed by atoms with Crippen LogP contribution in [-0.4, -0.2) is 30.4 Å². The van der Waals surface area contributed by atoms with Gasteiger partial charge in [-0.25, -0.2) is 23.2 Å². The number of nitrogens with zero attached hydrogens (tertiary/aromatic N) is 4. The molecule has 0 unspecified atom stereocenters. The Kier molecular flexibility index (Phi) is 4.19. The van der Waals surface area contributed by atoms with Gasteiger partial charge in [0.15, 0.2) is 11.6 Å². The second kappa shape index (κ2) is 6.69. The summed E-state index contributed by atoms with van der Waals surface area (Å²) in [4.78, 5) is 27.6. The number of halogens is 2. The normalized spacial score (nSPS) is 11.1. The third kappa shape index (κ3) is 3.02. The fraction of sp³-hybridized carbons (Fsp3) is 0.0526. The number of carboxylic acid groups (broad SMARTS) is 1. The molecule has 4 aromatic rings. The molecule has 1 N–H and O–H groups in total. The molecule has 2 aromatic heterocycles. The van der Waals surface area contributed by atoms with Crippen molar-refractivity contribution in [3.8, 4) is 5.69 Å². The largest absolute Gasteiger partial charge is 0.477 e. The summed E-state index contributed by atoms with van der Waals surface area (Å²) in [5, 5.41) is 13.1. The molecular formula is C19H12F2N4O3. The van der Waals surface area contributed by atoms with Gasteiger partial charge < -0.3 is 9.67 Å². The summed E-state index contributed by atoms with van der Waals surface area (Å²) in [5.41, 5.74) is 0.0414. The molecule has 0 amide bonds. The van der Waals surface area contributed by atoms with E-state index in [1.165, 1.54) is 10.9 Å². The van der Waals surface area contributed by atoms with E-state index in [4.69, 9.17) is 0 Å². The number of carbonyl (C=O) groups is 1. The van der Waals surface area contributed by atoms with Gasteiger partial charge >= 0.3 is 5.97 Å². The average molecular weight is 382 g/mol. The molecule has 9 heteroatoms. The lowest BCUT2D eigenvalue weighted by Gasteiger charge is -2.13. The molecule has 2 aromatic carbocycles. The Bertz CT molecular complexity index is 1250. The second-order valence-corrected chi connectivity index (χ2v) is 6.09. The maximum atomic E-state index is 13.8. The van der Waals surface area contributed by atoms with E-state index in [9.17, 15) is 23.5 Å². The highest BCUT2D eigenvalue weighted by atomic mass is 19.2. The Morgan fingerprint density at radius 2 is 1.82 bits per heavy atom. The van der Waals surface area contributed by atoms with Gasteiger partial charge in [-0.3, -0.25) is 4.79 Å². The first-order chi connectivity index (χ1) is 13.4. The van der Waals surface area contributed by atoms with Gasteiger partial charge in [-0.05, 0) is 23.8 Å². The zero-order chi connectivity index (χ0) is 19.8. The molecule has 0 spiro atoms. The first-order valence-corrected chi connectivity index (χ1v) is 8.13. The van der Waals surface area contributed by atoms with Gasteiger partial charge in [-0.15, -0.1) is 0 Å². The maximum Gasteiger partial charge on any atom is 0.341 e. The zero-order valence-electron chi connectivity index (χ0n) is 14.2. The quantitative estimate of drug-likeness (QED) is 0.586. The van der Waals surface area contributed by atoms with Crippen molar-refractivity contribution >= 4 is 16.9 Å². The van der Waals surface area contributed by atoms with E-state index < -0.39 is 28.6 Å². The maximum absolute atomic E-state index is 13.8. The highest BCUT2D eigenvalue weighted by Crippen LogP contribution is 2.21. The Labute approximate surface area is 156 Å². The molecule has 0 aliphatic heterocycles. The molecule has 4 rings (SSSR count). The number of aromatic nitrogens is 4. The van der Waals surface area contributed by atoms with Gasteiger partial charge in [0.05, 0.1) is 17.4 Å². The Balaban J connectivity index is 1.87. The molecule has 0 radical (unpaired) electrons. The van der Waals surface area contributed by atoms with Crippen LogP contribution >= 0.6 is 0 Å². The van der Waals surface area contributed by atoms with Crippen LogP contribution in [0.4, 0.5) is 8.78 Å². The standard InChI is InChI=1S/C19H12F2N4O3/c20-15-5-13-17(6-16(15)21)25(8-14(18(13)26)19(27)28)12-3-1-11(2-4-12)7-24-10-22-9-23-24/h1-6,8-10H,7H2,(H,27,28). The van der Waals surface area contributed by atoms with Gasteiger partial charge in [-0.2, -0.15) is 5.10 Å². The lowest BCUT2D eigenvalue weighted by Crippen LogP contribution is -2.18. The van der Waals surface area contributed by atoms with Crippen molar-refractivity contribution in [1.29, 1.82) is 0 Å². The minimum atomic E-state index is -1.45. The van der Waals surface area contributed by atoms with Gasteiger partial charge in [0, 0.05) is 18.0 Å². The smallest absolute Gasteiger partial charge is 0.341 e. The molecule has 0 saturated heterocycles. The van der Waals surface area contributed by atoms with Crippen molar-refractivity contribution in [2.45, 2.75) is 6.54 Å². The topological polar surface area (TPSA) is 90.0 Å². The lowest BCUT2D eigenvalue weighted by atomic mass is 10.1. The first-order valence-electron chi connectivity index (χ1n) is 8.13. The summed E-state index contributed by atoms with van der Waals surface area (Å²) in [7, 11) is 0. The summed E-state index contributed by atoms with van der Waals surface area (Å²) in [6.45, 7) is 0.478. The molecule has 2 heterocycles. The molecule has 0 fully saturated rings. The number of hydrogen-bond acceptors (Lipinski definition) is 4. The van der Waals surface area contributed by atoms with Gasteiger partial charge in [0.1, 0.15) is 18.2 Å². The van der Waals surface area contributed by atoms with Gasteiger partial charge in [0.25, 0.3) is 0 Å². The van der Waals surface area contributed by atoms with E-state index >= 15 is 0 Å². The van der Waals surface area contributed by atoms with Crippen molar-refractivity contribution in [3.63, 3.8) is 0 Å². The van der Waals surface area contributed by atoms with Crippen LogP contribution in [0.2, 0.25) is 0 Å². The number of fused-ring (bicyclic) bond motifs is 1. The molecule has 0 saturated carbocycles. The van der Waals surface area contributed by atoms with E-state index in [0.717, 1.165) is 23.9 Å². The number of hydrogen-bond donors (Lipinski definition) is 1. The summed E-state index contributed by atoms with van der Waals surface area (Å²) in [6.07, 6.45) is 4.10. The third-order valence-corrected chi connectivity index (χ3v) is 4.30. The van der Waals surface area contributed by atoms with Crippen molar-refractivity contribution in [2.75, 3.05) is 0 Å². The minimum absolute atomic E-state index is 0.0675.